The second kappa shape index (κ2) is 8.57. The lowest BCUT2D eigenvalue weighted by atomic mass is 10.1. The Morgan fingerprint density at radius 1 is 1.40 bits per heavy atom. The summed E-state index contributed by atoms with van der Waals surface area (Å²) in [6.07, 6.45) is 3.64. The van der Waals surface area contributed by atoms with Crippen molar-refractivity contribution in [3.63, 3.8) is 0 Å². The number of aromatic nitrogens is 4. The largest absolute Gasteiger partial charge is 0.384 e. The number of thiazole rings is 1. The predicted octanol–water partition coefficient (Wildman–Crippen LogP) is 3.21. The molecule has 1 N–H and O–H groups in total. The molecule has 0 bridgehead atoms. The first kappa shape index (κ1) is 20.5. The molecule has 1 aliphatic heterocycles. The predicted molar refractivity (Wildman–Crippen MR) is 112 cm³/mol. The number of fused-ring (bicyclic) bond motifs is 1. The molecule has 0 aliphatic carbocycles. The van der Waals surface area contributed by atoms with Crippen LogP contribution in [0, 0.1) is 18.7 Å². The highest BCUT2D eigenvalue weighted by Crippen LogP contribution is 2.28. The number of hydrogen-bond donors (Lipinski definition) is 1. The lowest BCUT2D eigenvalue weighted by molar-refractivity contribution is 0.0772. The van der Waals surface area contributed by atoms with Crippen LogP contribution in [0.2, 0.25) is 0 Å². The van der Waals surface area contributed by atoms with Gasteiger partial charge in [0.15, 0.2) is 11.3 Å². The highest BCUT2D eigenvalue weighted by molar-refractivity contribution is 7.18. The van der Waals surface area contributed by atoms with Gasteiger partial charge in [-0.25, -0.2) is 14.4 Å². The first-order valence-corrected chi connectivity index (χ1v) is 10.6. The van der Waals surface area contributed by atoms with Crippen LogP contribution < -0.4 is 5.32 Å². The molecular formula is C20H23FN6O2S. The molecule has 2 atom stereocenters. The summed E-state index contributed by atoms with van der Waals surface area (Å²) in [6, 6.07) is 1.11. The van der Waals surface area contributed by atoms with Crippen LogP contribution >= 0.6 is 11.3 Å². The van der Waals surface area contributed by atoms with Crippen LogP contribution in [0.4, 0.5) is 10.3 Å². The summed E-state index contributed by atoms with van der Waals surface area (Å²) in [6.45, 7) is 5.68. The van der Waals surface area contributed by atoms with Crippen molar-refractivity contribution in [3.05, 3.63) is 40.5 Å². The zero-order chi connectivity index (χ0) is 21.3. The van der Waals surface area contributed by atoms with Gasteiger partial charge in [-0.3, -0.25) is 9.78 Å². The van der Waals surface area contributed by atoms with Gasteiger partial charge in [-0.1, -0.05) is 0 Å². The minimum Gasteiger partial charge on any atom is -0.384 e. The summed E-state index contributed by atoms with van der Waals surface area (Å²) in [4.78, 5) is 32.4. The Morgan fingerprint density at radius 2 is 2.23 bits per heavy atom. The highest BCUT2D eigenvalue weighted by Gasteiger charge is 2.30. The molecule has 0 unspecified atom stereocenters. The van der Waals surface area contributed by atoms with Gasteiger partial charge in [0.1, 0.15) is 10.5 Å². The smallest absolute Gasteiger partial charge is 0.274 e. The van der Waals surface area contributed by atoms with E-state index in [2.05, 4.69) is 25.3 Å². The standard InChI is InChI=1S/C20H23FN6O2S/c1-11(14-6-15(21)8-22-7-14)23-20-25-16(17-18(26-20)24-12(2)30-17)19(28)27-5-4-13(9-27)10-29-3/h6-8,11,13H,4-5,9-10H2,1-3H3,(H,23,25,26)/t11-,13-/m0/s1. The van der Waals surface area contributed by atoms with Crippen LogP contribution in [-0.2, 0) is 4.74 Å². The maximum atomic E-state index is 13.5. The second-order valence-corrected chi connectivity index (χ2v) is 8.65. The first-order chi connectivity index (χ1) is 14.4. The number of ether oxygens (including phenoxy) is 1. The molecule has 10 heteroatoms. The van der Waals surface area contributed by atoms with Gasteiger partial charge in [-0.15, -0.1) is 11.3 Å². The number of aryl methyl sites for hydroxylation is 1. The summed E-state index contributed by atoms with van der Waals surface area (Å²) < 4.78 is 19.4. The van der Waals surface area contributed by atoms with Crippen molar-refractivity contribution in [2.24, 2.45) is 5.92 Å². The van der Waals surface area contributed by atoms with E-state index in [9.17, 15) is 9.18 Å². The van der Waals surface area contributed by atoms with Gasteiger partial charge in [0.2, 0.25) is 5.95 Å². The lowest BCUT2D eigenvalue weighted by Crippen LogP contribution is -2.30. The van der Waals surface area contributed by atoms with Crippen molar-refractivity contribution in [2.75, 3.05) is 32.1 Å². The van der Waals surface area contributed by atoms with Crippen molar-refractivity contribution in [1.29, 1.82) is 0 Å². The fraction of sp³-hybridized carbons (Fsp3) is 0.450. The minimum absolute atomic E-state index is 0.132. The van der Waals surface area contributed by atoms with Gasteiger partial charge < -0.3 is 15.0 Å². The number of nitrogens with one attached hydrogen (secondary N) is 1. The molecule has 8 nitrogen and oxygen atoms in total. The summed E-state index contributed by atoms with van der Waals surface area (Å²) >= 11 is 1.41. The third-order valence-corrected chi connectivity index (χ3v) is 6.08. The van der Waals surface area contributed by atoms with E-state index in [1.54, 1.807) is 13.3 Å². The molecular weight excluding hydrogens is 407 g/mol. The minimum atomic E-state index is -0.414. The number of halogens is 1. The number of carbonyl (C=O) groups is 1. The zero-order valence-electron chi connectivity index (χ0n) is 17.1. The van der Waals surface area contributed by atoms with E-state index < -0.39 is 5.82 Å². The van der Waals surface area contributed by atoms with Crippen LogP contribution in [0.5, 0.6) is 0 Å². The fourth-order valence-electron chi connectivity index (χ4n) is 3.62. The molecule has 0 radical (unpaired) electrons. The zero-order valence-corrected chi connectivity index (χ0v) is 17.9. The summed E-state index contributed by atoms with van der Waals surface area (Å²) in [5.41, 5.74) is 1.48. The number of carbonyl (C=O) groups excluding carboxylic acids is 1. The van der Waals surface area contributed by atoms with Gasteiger partial charge >= 0.3 is 0 Å². The Bertz CT molecular complexity index is 1070. The Balaban J connectivity index is 1.63. The monoisotopic (exact) mass is 430 g/mol. The van der Waals surface area contributed by atoms with Gasteiger partial charge in [0.05, 0.1) is 23.9 Å². The maximum absolute atomic E-state index is 13.5. The Morgan fingerprint density at radius 3 is 3.00 bits per heavy atom. The van der Waals surface area contributed by atoms with E-state index in [1.807, 2.05) is 18.7 Å². The van der Waals surface area contributed by atoms with Crippen LogP contribution in [-0.4, -0.2) is 57.5 Å². The van der Waals surface area contributed by atoms with Crippen molar-refractivity contribution in [2.45, 2.75) is 26.3 Å². The van der Waals surface area contributed by atoms with Crippen LogP contribution in [0.15, 0.2) is 18.5 Å². The van der Waals surface area contributed by atoms with Gasteiger partial charge in [0, 0.05) is 32.3 Å². The van der Waals surface area contributed by atoms with E-state index in [0.29, 0.717) is 47.2 Å². The molecule has 3 aromatic heterocycles. The Kier molecular flexibility index (Phi) is 5.87. The summed E-state index contributed by atoms with van der Waals surface area (Å²) in [7, 11) is 1.67. The molecule has 158 valence electrons. The molecule has 1 amide bonds. The first-order valence-electron chi connectivity index (χ1n) is 9.75. The van der Waals surface area contributed by atoms with Crippen LogP contribution in [0.25, 0.3) is 10.3 Å². The normalized spacial score (nSPS) is 17.5. The van der Waals surface area contributed by atoms with Crippen LogP contribution in [0.3, 0.4) is 0 Å². The van der Waals surface area contributed by atoms with Gasteiger partial charge in [0.25, 0.3) is 5.91 Å². The topological polar surface area (TPSA) is 93.1 Å². The van der Waals surface area contributed by atoms with E-state index >= 15 is 0 Å². The number of hydrogen-bond acceptors (Lipinski definition) is 8. The molecule has 0 aromatic carbocycles. The van der Waals surface area contributed by atoms with E-state index in [4.69, 9.17) is 4.74 Å². The average molecular weight is 431 g/mol. The molecule has 4 heterocycles. The fourth-order valence-corrected chi connectivity index (χ4v) is 4.46. The molecule has 30 heavy (non-hydrogen) atoms. The Hall–Kier alpha value is -2.72. The lowest BCUT2D eigenvalue weighted by Gasteiger charge is -2.18. The molecule has 1 saturated heterocycles. The number of likely N-dealkylation sites (tertiary alicyclic amines) is 1. The van der Waals surface area contributed by atoms with E-state index in [-0.39, 0.29) is 17.9 Å². The number of pyridine rings is 1. The number of rotatable bonds is 6. The number of nitrogens with zero attached hydrogens (tertiary/aromatic N) is 5. The van der Waals surface area contributed by atoms with Gasteiger partial charge in [-0.05, 0) is 31.9 Å². The highest BCUT2D eigenvalue weighted by atomic mass is 32.1. The van der Waals surface area contributed by atoms with Crippen molar-refractivity contribution >= 4 is 33.5 Å². The van der Waals surface area contributed by atoms with E-state index in [1.165, 1.54) is 17.4 Å². The average Bonchev–Trinajstić information content (AvgIpc) is 3.33. The number of methoxy groups -OCH3 is 1. The quantitative estimate of drug-likeness (QED) is 0.642. The number of anilines is 1. The number of amides is 1. The summed E-state index contributed by atoms with van der Waals surface area (Å²) in [5.74, 6) is 0.0639. The van der Waals surface area contributed by atoms with Crippen LogP contribution in [0.1, 0.15) is 40.4 Å². The third kappa shape index (κ3) is 4.24. The Labute approximate surface area is 177 Å². The molecule has 1 aliphatic rings. The van der Waals surface area contributed by atoms with Gasteiger partial charge in [-0.2, -0.15) is 4.98 Å². The molecule has 0 saturated carbocycles. The molecule has 3 aromatic rings. The van der Waals surface area contributed by atoms with E-state index in [0.717, 1.165) is 17.6 Å². The maximum Gasteiger partial charge on any atom is 0.274 e. The van der Waals surface area contributed by atoms with Crippen molar-refractivity contribution in [1.82, 2.24) is 24.8 Å². The summed E-state index contributed by atoms with van der Waals surface area (Å²) in [5, 5.41) is 3.96. The van der Waals surface area contributed by atoms with Crippen molar-refractivity contribution in [3.8, 4) is 0 Å². The molecule has 4 rings (SSSR count). The second-order valence-electron chi connectivity index (χ2n) is 7.45. The molecule has 0 spiro atoms. The SMILES string of the molecule is COC[C@H]1CCN(C(=O)c2nc(N[C@@H](C)c3cncc(F)c3)nc3nc(C)sc23)C1. The third-order valence-electron chi connectivity index (χ3n) is 5.11. The van der Waals surface area contributed by atoms with Crippen molar-refractivity contribution < 1.29 is 13.9 Å². The molecule has 1 fully saturated rings.